The number of fused-ring (bicyclic) bond motifs is 3. The molecular formula is C14H19NO2. The lowest BCUT2D eigenvalue weighted by Gasteiger charge is -2.33. The van der Waals surface area contributed by atoms with E-state index in [0.29, 0.717) is 17.7 Å². The van der Waals surface area contributed by atoms with E-state index in [1.165, 1.54) is 18.4 Å². The van der Waals surface area contributed by atoms with Crippen molar-refractivity contribution >= 4 is 0 Å². The Hall–Kier alpha value is -1.22. The summed E-state index contributed by atoms with van der Waals surface area (Å²) in [5.74, 6) is 1.54. The van der Waals surface area contributed by atoms with Crippen LogP contribution in [0.3, 0.4) is 0 Å². The van der Waals surface area contributed by atoms with E-state index < -0.39 is 0 Å². The third kappa shape index (κ3) is 1.69. The minimum Gasteiger partial charge on any atom is -0.504 e. The highest BCUT2D eigenvalue weighted by atomic mass is 16.5. The maximum absolute atomic E-state index is 9.81. The normalized spacial score (nSPS) is 27.4. The molecule has 2 aliphatic heterocycles. The van der Waals surface area contributed by atoms with E-state index >= 15 is 0 Å². The van der Waals surface area contributed by atoms with Gasteiger partial charge < -0.3 is 9.84 Å². The summed E-state index contributed by atoms with van der Waals surface area (Å²) in [7, 11) is 0. The smallest absolute Gasteiger partial charge is 0.164 e. The molecule has 17 heavy (non-hydrogen) atoms. The van der Waals surface area contributed by atoms with Crippen LogP contribution in [0.1, 0.15) is 31.2 Å². The van der Waals surface area contributed by atoms with Gasteiger partial charge in [0.2, 0.25) is 0 Å². The molecule has 3 heteroatoms. The third-order valence-electron chi connectivity index (χ3n) is 3.99. The number of benzene rings is 1. The fraction of sp³-hybridized carbons (Fsp3) is 0.571. The number of aromatic hydroxyl groups is 1. The molecule has 2 atom stereocenters. The van der Waals surface area contributed by atoms with Crippen molar-refractivity contribution in [3.8, 4) is 11.5 Å². The number of likely N-dealkylation sites (tertiary alicyclic amines) is 1. The van der Waals surface area contributed by atoms with Crippen LogP contribution in [0.5, 0.6) is 11.5 Å². The maximum Gasteiger partial charge on any atom is 0.164 e. The van der Waals surface area contributed by atoms with Crippen LogP contribution >= 0.6 is 0 Å². The minimum absolute atomic E-state index is 0.287. The van der Waals surface area contributed by atoms with Gasteiger partial charge in [-0.2, -0.15) is 0 Å². The van der Waals surface area contributed by atoms with Gasteiger partial charge in [-0.15, -0.1) is 0 Å². The van der Waals surface area contributed by atoms with E-state index in [2.05, 4.69) is 17.9 Å². The Kier molecular flexibility index (Phi) is 2.71. The molecule has 0 aromatic heterocycles. The van der Waals surface area contributed by atoms with Crippen molar-refractivity contribution in [3.05, 3.63) is 23.8 Å². The molecule has 0 aliphatic carbocycles. The largest absolute Gasteiger partial charge is 0.504 e. The summed E-state index contributed by atoms with van der Waals surface area (Å²) < 4.78 is 5.75. The van der Waals surface area contributed by atoms with Gasteiger partial charge in [0.05, 0.1) is 6.04 Å². The van der Waals surface area contributed by atoms with Crippen LogP contribution in [0.15, 0.2) is 18.2 Å². The maximum atomic E-state index is 9.81. The van der Waals surface area contributed by atoms with Gasteiger partial charge in [0.1, 0.15) is 6.61 Å². The van der Waals surface area contributed by atoms with E-state index in [-0.39, 0.29) is 5.75 Å². The first kappa shape index (κ1) is 10.9. The van der Waals surface area contributed by atoms with Gasteiger partial charge in [-0.25, -0.2) is 0 Å². The minimum atomic E-state index is 0.287. The molecule has 0 bridgehead atoms. The summed E-state index contributed by atoms with van der Waals surface area (Å²) in [4.78, 5) is 2.53. The van der Waals surface area contributed by atoms with E-state index in [0.717, 1.165) is 19.7 Å². The lowest BCUT2D eigenvalue weighted by molar-refractivity contribution is 0.144. The van der Waals surface area contributed by atoms with Gasteiger partial charge in [0, 0.05) is 11.5 Å². The van der Waals surface area contributed by atoms with Gasteiger partial charge in [-0.1, -0.05) is 19.1 Å². The second kappa shape index (κ2) is 4.22. The van der Waals surface area contributed by atoms with Crippen molar-refractivity contribution in [2.75, 3.05) is 19.7 Å². The van der Waals surface area contributed by atoms with E-state index in [1.54, 1.807) is 6.07 Å². The van der Waals surface area contributed by atoms with Gasteiger partial charge >= 0.3 is 0 Å². The second-order valence-corrected chi connectivity index (χ2v) is 5.00. The van der Waals surface area contributed by atoms with Crippen LogP contribution in [0.4, 0.5) is 0 Å². The molecule has 2 aliphatic rings. The predicted molar refractivity (Wildman–Crippen MR) is 66.6 cm³/mol. The van der Waals surface area contributed by atoms with E-state index in [9.17, 15) is 5.11 Å². The van der Waals surface area contributed by atoms with Crippen LogP contribution in [0.2, 0.25) is 0 Å². The predicted octanol–water partition coefficient (Wildman–Crippen LogP) is 2.35. The highest BCUT2D eigenvalue weighted by Crippen LogP contribution is 2.45. The first-order valence-electron chi connectivity index (χ1n) is 6.50. The second-order valence-electron chi connectivity index (χ2n) is 5.00. The quantitative estimate of drug-likeness (QED) is 0.851. The number of hydrogen-bond donors (Lipinski definition) is 1. The molecule has 1 N–H and O–H groups in total. The van der Waals surface area contributed by atoms with Crippen molar-refractivity contribution < 1.29 is 9.84 Å². The topological polar surface area (TPSA) is 32.7 Å². The van der Waals surface area contributed by atoms with Crippen LogP contribution in [-0.4, -0.2) is 35.7 Å². The molecule has 2 unspecified atom stereocenters. The van der Waals surface area contributed by atoms with Crippen LogP contribution < -0.4 is 4.74 Å². The van der Waals surface area contributed by atoms with E-state index in [1.807, 2.05) is 6.07 Å². The molecule has 0 saturated carbocycles. The molecule has 1 fully saturated rings. The summed E-state index contributed by atoms with van der Waals surface area (Å²) >= 11 is 0. The third-order valence-corrected chi connectivity index (χ3v) is 3.99. The lowest BCUT2D eigenvalue weighted by Crippen LogP contribution is -2.39. The fourth-order valence-electron chi connectivity index (χ4n) is 3.23. The summed E-state index contributed by atoms with van der Waals surface area (Å²) in [5.41, 5.74) is 1.19. The highest BCUT2D eigenvalue weighted by Gasteiger charge is 2.40. The summed E-state index contributed by atoms with van der Waals surface area (Å²) in [5, 5.41) is 9.81. The molecule has 1 aromatic carbocycles. The van der Waals surface area contributed by atoms with Crippen molar-refractivity contribution in [1.29, 1.82) is 0 Å². The number of ether oxygens (including phenoxy) is 1. The van der Waals surface area contributed by atoms with Crippen LogP contribution in [0.25, 0.3) is 0 Å². The molecule has 92 valence electrons. The number of para-hydroxylation sites is 1. The Bertz CT molecular complexity index is 419. The fourth-order valence-corrected chi connectivity index (χ4v) is 3.23. The average molecular weight is 233 g/mol. The molecule has 0 amide bonds. The molecule has 3 rings (SSSR count). The summed E-state index contributed by atoms with van der Waals surface area (Å²) in [6.07, 6.45) is 2.38. The average Bonchev–Trinajstić information content (AvgIpc) is 2.74. The van der Waals surface area contributed by atoms with Gasteiger partial charge in [-0.3, -0.25) is 4.90 Å². The number of phenols is 1. The molecule has 0 spiro atoms. The molecule has 0 radical (unpaired) electrons. The number of phenolic OH excluding ortho intramolecular Hbond substituents is 1. The molecule has 3 nitrogen and oxygen atoms in total. The Balaban J connectivity index is 1.91. The number of rotatable bonds is 2. The Labute approximate surface area is 102 Å². The summed E-state index contributed by atoms with van der Waals surface area (Å²) in [6.45, 7) is 5.24. The number of nitrogens with zero attached hydrogens (tertiary/aromatic N) is 1. The zero-order valence-corrected chi connectivity index (χ0v) is 10.2. The summed E-state index contributed by atoms with van der Waals surface area (Å²) in [6, 6.07) is 6.23. The van der Waals surface area contributed by atoms with Crippen molar-refractivity contribution in [1.82, 2.24) is 4.90 Å². The monoisotopic (exact) mass is 233 g/mol. The zero-order valence-electron chi connectivity index (χ0n) is 10.2. The van der Waals surface area contributed by atoms with Gasteiger partial charge in [0.25, 0.3) is 0 Å². The molecule has 1 saturated heterocycles. The van der Waals surface area contributed by atoms with Crippen molar-refractivity contribution in [2.24, 2.45) is 0 Å². The highest BCUT2D eigenvalue weighted by molar-refractivity contribution is 5.49. The standard InChI is InChI=1S/C14H19NO2/c1-2-7-15-8-6-10-11-4-3-5-13(16)14(11)17-9-12(10)15/h3-5,10,12,16H,2,6-9H2,1H3. The first-order valence-corrected chi connectivity index (χ1v) is 6.50. The molecule has 2 heterocycles. The van der Waals surface area contributed by atoms with E-state index in [4.69, 9.17) is 4.74 Å². The Morgan fingerprint density at radius 1 is 1.47 bits per heavy atom. The van der Waals surface area contributed by atoms with Crippen molar-refractivity contribution in [3.63, 3.8) is 0 Å². The lowest BCUT2D eigenvalue weighted by atomic mass is 9.89. The number of hydrogen-bond acceptors (Lipinski definition) is 3. The Morgan fingerprint density at radius 3 is 3.18 bits per heavy atom. The first-order chi connectivity index (χ1) is 8.31. The molecule has 1 aromatic rings. The molecular weight excluding hydrogens is 214 g/mol. The zero-order chi connectivity index (χ0) is 11.8. The SMILES string of the molecule is CCCN1CCC2c3cccc(O)c3OCC21. The Morgan fingerprint density at radius 2 is 2.35 bits per heavy atom. The van der Waals surface area contributed by atoms with Gasteiger partial charge in [-0.05, 0) is 32.0 Å². The van der Waals surface area contributed by atoms with Crippen LogP contribution in [0, 0.1) is 0 Å². The van der Waals surface area contributed by atoms with Crippen molar-refractivity contribution in [2.45, 2.75) is 31.7 Å². The van der Waals surface area contributed by atoms with Crippen LogP contribution in [-0.2, 0) is 0 Å². The van der Waals surface area contributed by atoms with Gasteiger partial charge in [0.15, 0.2) is 11.5 Å².